The summed E-state index contributed by atoms with van der Waals surface area (Å²) in [5.74, 6) is -0.748. The van der Waals surface area contributed by atoms with E-state index in [2.05, 4.69) is 9.88 Å². The van der Waals surface area contributed by atoms with E-state index in [4.69, 9.17) is 5.11 Å². The molecule has 0 spiro atoms. The molecule has 19 heavy (non-hydrogen) atoms. The lowest BCUT2D eigenvalue weighted by molar-refractivity contribution is -0.137. The zero-order valence-corrected chi connectivity index (χ0v) is 11.7. The van der Waals surface area contributed by atoms with E-state index in [1.807, 2.05) is 11.8 Å². The van der Waals surface area contributed by atoms with E-state index in [0.29, 0.717) is 24.5 Å². The number of aryl methyl sites for hydroxylation is 1. The molecule has 0 aromatic carbocycles. The molecule has 1 saturated heterocycles. The SMILES string of the molecule is Cc1ncc(C(=O)N2CCN(CCC(=O)O)CC2)s1. The minimum atomic E-state index is -0.779. The minimum absolute atomic E-state index is 0.0310. The van der Waals surface area contributed by atoms with E-state index in [1.54, 1.807) is 6.20 Å². The van der Waals surface area contributed by atoms with Crippen LogP contribution in [0, 0.1) is 6.92 Å². The highest BCUT2D eigenvalue weighted by atomic mass is 32.1. The summed E-state index contributed by atoms with van der Waals surface area (Å²) in [5.41, 5.74) is 0. The normalized spacial score (nSPS) is 16.6. The molecule has 2 heterocycles. The second-order valence-corrected chi connectivity index (χ2v) is 5.76. The van der Waals surface area contributed by atoms with Crippen LogP contribution in [0.15, 0.2) is 6.20 Å². The van der Waals surface area contributed by atoms with Crippen LogP contribution in [0.4, 0.5) is 0 Å². The topological polar surface area (TPSA) is 73.7 Å². The molecule has 1 amide bonds. The van der Waals surface area contributed by atoms with Crippen LogP contribution in [0.1, 0.15) is 21.1 Å². The maximum Gasteiger partial charge on any atom is 0.304 e. The highest BCUT2D eigenvalue weighted by molar-refractivity contribution is 7.13. The number of carboxylic acid groups (broad SMARTS) is 1. The molecule has 1 fully saturated rings. The molecule has 0 atom stereocenters. The highest BCUT2D eigenvalue weighted by Gasteiger charge is 2.23. The molecule has 0 aliphatic carbocycles. The minimum Gasteiger partial charge on any atom is -0.481 e. The maximum absolute atomic E-state index is 12.2. The van der Waals surface area contributed by atoms with Crippen LogP contribution in [0.2, 0.25) is 0 Å². The molecule has 1 aliphatic heterocycles. The summed E-state index contributed by atoms with van der Waals surface area (Å²) in [7, 11) is 0. The number of nitrogens with zero attached hydrogens (tertiary/aromatic N) is 3. The summed E-state index contributed by atoms with van der Waals surface area (Å²) in [6.45, 7) is 5.20. The average Bonchev–Trinajstić information content (AvgIpc) is 2.83. The number of carbonyl (C=O) groups excluding carboxylic acids is 1. The summed E-state index contributed by atoms with van der Waals surface area (Å²) < 4.78 is 0. The van der Waals surface area contributed by atoms with Gasteiger partial charge in [-0.05, 0) is 6.92 Å². The fourth-order valence-electron chi connectivity index (χ4n) is 2.04. The number of amides is 1. The van der Waals surface area contributed by atoms with Crippen molar-refractivity contribution in [2.75, 3.05) is 32.7 Å². The summed E-state index contributed by atoms with van der Waals surface area (Å²) in [4.78, 5) is 31.3. The van der Waals surface area contributed by atoms with Crippen molar-refractivity contribution in [2.45, 2.75) is 13.3 Å². The Balaban J connectivity index is 1.83. The molecule has 1 aromatic heterocycles. The monoisotopic (exact) mass is 283 g/mol. The van der Waals surface area contributed by atoms with Crippen LogP contribution in [0.3, 0.4) is 0 Å². The van der Waals surface area contributed by atoms with Crippen molar-refractivity contribution in [3.05, 3.63) is 16.1 Å². The number of carboxylic acids is 1. The summed E-state index contributed by atoms with van der Waals surface area (Å²) in [5, 5.41) is 9.53. The Morgan fingerprint density at radius 2 is 2.05 bits per heavy atom. The molecule has 0 bridgehead atoms. The smallest absolute Gasteiger partial charge is 0.304 e. The lowest BCUT2D eigenvalue weighted by Crippen LogP contribution is -2.48. The first-order valence-corrected chi connectivity index (χ1v) is 7.04. The van der Waals surface area contributed by atoms with Gasteiger partial charge in [0, 0.05) is 32.7 Å². The van der Waals surface area contributed by atoms with Crippen LogP contribution < -0.4 is 0 Å². The molecule has 0 saturated carbocycles. The Morgan fingerprint density at radius 1 is 1.37 bits per heavy atom. The van der Waals surface area contributed by atoms with Gasteiger partial charge < -0.3 is 10.0 Å². The predicted octanol–water partition coefficient (Wildman–Crippen LogP) is 0.684. The van der Waals surface area contributed by atoms with Crippen LogP contribution in [-0.2, 0) is 4.79 Å². The van der Waals surface area contributed by atoms with Crippen LogP contribution >= 0.6 is 11.3 Å². The van der Waals surface area contributed by atoms with Crippen LogP contribution in [0.5, 0.6) is 0 Å². The van der Waals surface area contributed by atoms with Gasteiger partial charge in [-0.2, -0.15) is 0 Å². The van der Waals surface area contributed by atoms with Gasteiger partial charge >= 0.3 is 5.97 Å². The standard InChI is InChI=1S/C12H17N3O3S/c1-9-13-8-10(19-9)12(18)15-6-4-14(5-7-15)3-2-11(16)17/h8H,2-7H2,1H3,(H,16,17). The molecule has 104 valence electrons. The zero-order chi connectivity index (χ0) is 13.8. The number of aromatic nitrogens is 1. The third-order valence-electron chi connectivity index (χ3n) is 3.13. The van der Waals surface area contributed by atoms with E-state index < -0.39 is 5.97 Å². The van der Waals surface area contributed by atoms with Gasteiger partial charge in [0.05, 0.1) is 17.6 Å². The summed E-state index contributed by atoms with van der Waals surface area (Å²) in [6, 6.07) is 0. The van der Waals surface area contributed by atoms with Crippen LogP contribution in [-0.4, -0.2) is 64.5 Å². The van der Waals surface area contributed by atoms with Gasteiger partial charge in [-0.3, -0.25) is 14.5 Å². The molecule has 1 aromatic rings. The maximum atomic E-state index is 12.2. The number of hydrogen-bond acceptors (Lipinski definition) is 5. The largest absolute Gasteiger partial charge is 0.481 e. The third-order valence-corrected chi connectivity index (χ3v) is 4.03. The Labute approximate surface area is 115 Å². The van der Waals surface area contributed by atoms with Crippen LogP contribution in [0.25, 0.3) is 0 Å². The number of aliphatic carboxylic acids is 1. The van der Waals surface area contributed by atoms with Crippen molar-refractivity contribution in [1.82, 2.24) is 14.8 Å². The first kappa shape index (κ1) is 14.0. The number of piperazine rings is 1. The Kier molecular flexibility index (Phi) is 4.49. The van der Waals surface area contributed by atoms with Gasteiger partial charge in [0.15, 0.2) is 0 Å². The van der Waals surface area contributed by atoms with Gasteiger partial charge in [0.1, 0.15) is 4.88 Å². The van der Waals surface area contributed by atoms with Crippen molar-refractivity contribution in [1.29, 1.82) is 0 Å². The molecular weight excluding hydrogens is 266 g/mol. The fourth-order valence-corrected chi connectivity index (χ4v) is 2.79. The molecule has 0 unspecified atom stereocenters. The lowest BCUT2D eigenvalue weighted by Gasteiger charge is -2.34. The van der Waals surface area contributed by atoms with E-state index in [9.17, 15) is 9.59 Å². The second-order valence-electron chi connectivity index (χ2n) is 4.52. The van der Waals surface area contributed by atoms with Crippen molar-refractivity contribution in [3.63, 3.8) is 0 Å². The van der Waals surface area contributed by atoms with Crippen molar-refractivity contribution >= 4 is 23.2 Å². The van der Waals surface area contributed by atoms with Gasteiger partial charge in [-0.1, -0.05) is 0 Å². The number of rotatable bonds is 4. The van der Waals surface area contributed by atoms with Gasteiger partial charge in [-0.25, -0.2) is 4.98 Å². The highest BCUT2D eigenvalue weighted by Crippen LogP contribution is 2.15. The van der Waals surface area contributed by atoms with Crippen molar-refractivity contribution < 1.29 is 14.7 Å². The molecule has 1 N–H and O–H groups in total. The Morgan fingerprint density at radius 3 is 2.58 bits per heavy atom. The Bertz CT molecular complexity index is 467. The second kappa shape index (κ2) is 6.12. The third kappa shape index (κ3) is 3.74. The van der Waals surface area contributed by atoms with E-state index in [0.717, 1.165) is 18.1 Å². The van der Waals surface area contributed by atoms with Crippen molar-refractivity contribution in [2.24, 2.45) is 0 Å². The average molecular weight is 283 g/mol. The zero-order valence-electron chi connectivity index (χ0n) is 10.8. The molecule has 7 heteroatoms. The first-order valence-electron chi connectivity index (χ1n) is 6.22. The Hall–Kier alpha value is -1.47. The summed E-state index contributed by atoms with van der Waals surface area (Å²) >= 11 is 1.41. The fraction of sp³-hybridized carbons (Fsp3) is 0.583. The van der Waals surface area contributed by atoms with Gasteiger partial charge in [0.2, 0.25) is 0 Å². The number of thiazole rings is 1. The predicted molar refractivity (Wildman–Crippen MR) is 71.4 cm³/mol. The number of carbonyl (C=O) groups is 2. The quantitative estimate of drug-likeness (QED) is 0.880. The molecule has 6 nitrogen and oxygen atoms in total. The first-order chi connectivity index (χ1) is 9.06. The summed E-state index contributed by atoms with van der Waals surface area (Å²) in [6.07, 6.45) is 1.78. The van der Waals surface area contributed by atoms with Gasteiger partial charge in [0.25, 0.3) is 5.91 Å². The molecule has 0 radical (unpaired) electrons. The lowest BCUT2D eigenvalue weighted by atomic mass is 10.2. The molecule has 2 rings (SSSR count). The van der Waals surface area contributed by atoms with Crippen molar-refractivity contribution in [3.8, 4) is 0 Å². The van der Waals surface area contributed by atoms with E-state index in [-0.39, 0.29) is 12.3 Å². The number of hydrogen-bond donors (Lipinski definition) is 1. The van der Waals surface area contributed by atoms with E-state index >= 15 is 0 Å². The molecule has 1 aliphatic rings. The van der Waals surface area contributed by atoms with Gasteiger partial charge in [-0.15, -0.1) is 11.3 Å². The van der Waals surface area contributed by atoms with E-state index in [1.165, 1.54) is 11.3 Å². The molecular formula is C12H17N3O3S.